The number of anilines is 1. The van der Waals surface area contributed by atoms with Crippen molar-refractivity contribution >= 4 is 40.4 Å². The Bertz CT molecular complexity index is 1070. The first-order valence-corrected chi connectivity index (χ1v) is 11.2. The third-order valence-corrected chi connectivity index (χ3v) is 6.12. The summed E-state index contributed by atoms with van der Waals surface area (Å²) in [6, 6.07) is 15.4. The van der Waals surface area contributed by atoms with Crippen molar-refractivity contribution in [2.45, 2.75) is 38.1 Å². The third-order valence-electron chi connectivity index (χ3n) is 4.99. The van der Waals surface area contributed by atoms with E-state index in [-0.39, 0.29) is 24.3 Å². The molecule has 1 aliphatic rings. The second-order valence-electron chi connectivity index (χ2n) is 7.40. The minimum atomic E-state index is -0.112. The normalized spacial score (nSPS) is 16.2. The molecule has 30 heavy (non-hydrogen) atoms. The van der Waals surface area contributed by atoms with Gasteiger partial charge < -0.3 is 10.6 Å². The monoisotopic (exact) mass is 439 g/mol. The highest BCUT2D eigenvalue weighted by Crippen LogP contribution is 2.25. The van der Waals surface area contributed by atoms with Crippen LogP contribution in [0.2, 0.25) is 5.02 Å². The van der Waals surface area contributed by atoms with E-state index in [0.29, 0.717) is 17.9 Å². The maximum Gasteiger partial charge on any atom is 0.230 e. The molecule has 0 spiro atoms. The molecule has 2 heterocycles. The summed E-state index contributed by atoms with van der Waals surface area (Å²) in [5, 5.41) is 9.54. The van der Waals surface area contributed by atoms with Crippen molar-refractivity contribution in [3.8, 4) is 0 Å². The lowest BCUT2D eigenvalue weighted by Gasteiger charge is -2.24. The van der Waals surface area contributed by atoms with Gasteiger partial charge in [-0.3, -0.25) is 9.59 Å². The summed E-state index contributed by atoms with van der Waals surface area (Å²) in [4.78, 5) is 28.7. The molecule has 3 aromatic rings. The lowest BCUT2D eigenvalue weighted by molar-refractivity contribution is -0.123. The SMILES string of the molecule is O=C(Cc1csc(Cc2cccc(Cl)c2)n1)Nc1cccc(C2CCCC(=O)N2)c1. The van der Waals surface area contributed by atoms with E-state index < -0.39 is 0 Å². The number of amides is 2. The zero-order valence-corrected chi connectivity index (χ0v) is 17.9. The van der Waals surface area contributed by atoms with Crippen LogP contribution in [0.25, 0.3) is 0 Å². The number of nitrogens with zero attached hydrogens (tertiary/aromatic N) is 1. The van der Waals surface area contributed by atoms with Gasteiger partial charge in [0, 0.05) is 28.9 Å². The molecule has 0 saturated carbocycles. The van der Waals surface area contributed by atoms with Crippen LogP contribution in [0.4, 0.5) is 5.69 Å². The molecule has 0 radical (unpaired) electrons. The molecule has 7 heteroatoms. The van der Waals surface area contributed by atoms with E-state index in [2.05, 4.69) is 15.6 Å². The van der Waals surface area contributed by atoms with Gasteiger partial charge in [-0.1, -0.05) is 35.9 Å². The van der Waals surface area contributed by atoms with Crippen LogP contribution in [0, 0.1) is 0 Å². The molecular weight excluding hydrogens is 418 g/mol. The summed E-state index contributed by atoms with van der Waals surface area (Å²) in [6.07, 6.45) is 3.30. The van der Waals surface area contributed by atoms with Crippen molar-refractivity contribution in [2.24, 2.45) is 0 Å². The lowest BCUT2D eigenvalue weighted by atomic mass is 9.97. The van der Waals surface area contributed by atoms with Crippen molar-refractivity contribution in [3.05, 3.63) is 80.8 Å². The number of hydrogen-bond donors (Lipinski definition) is 2. The maximum absolute atomic E-state index is 12.5. The molecule has 1 unspecified atom stereocenters. The number of piperidine rings is 1. The minimum Gasteiger partial charge on any atom is -0.349 e. The Kier molecular flexibility index (Phi) is 6.45. The molecular formula is C23H22ClN3O2S. The van der Waals surface area contributed by atoms with E-state index in [1.165, 1.54) is 0 Å². The molecule has 2 N–H and O–H groups in total. The number of benzene rings is 2. The Balaban J connectivity index is 1.35. The predicted octanol–water partition coefficient (Wildman–Crippen LogP) is 4.91. The summed E-state index contributed by atoms with van der Waals surface area (Å²) < 4.78 is 0. The van der Waals surface area contributed by atoms with E-state index in [1.807, 2.05) is 53.9 Å². The van der Waals surface area contributed by atoms with E-state index in [9.17, 15) is 9.59 Å². The van der Waals surface area contributed by atoms with Gasteiger partial charge >= 0.3 is 0 Å². The predicted molar refractivity (Wildman–Crippen MR) is 120 cm³/mol. The Morgan fingerprint density at radius 2 is 2.10 bits per heavy atom. The summed E-state index contributed by atoms with van der Waals surface area (Å²) in [6.45, 7) is 0. The number of rotatable bonds is 6. The third kappa shape index (κ3) is 5.46. The van der Waals surface area contributed by atoms with Gasteiger partial charge in [0.15, 0.2) is 0 Å². The molecule has 1 atom stereocenters. The van der Waals surface area contributed by atoms with Crippen LogP contribution in [0.1, 0.15) is 47.1 Å². The van der Waals surface area contributed by atoms with Crippen molar-refractivity contribution in [3.63, 3.8) is 0 Å². The van der Waals surface area contributed by atoms with Gasteiger partial charge in [0.2, 0.25) is 11.8 Å². The molecule has 4 rings (SSSR count). The number of hydrogen-bond acceptors (Lipinski definition) is 4. The second kappa shape index (κ2) is 9.41. The van der Waals surface area contributed by atoms with Crippen LogP contribution in [0.3, 0.4) is 0 Å². The molecule has 154 valence electrons. The van der Waals surface area contributed by atoms with E-state index in [1.54, 1.807) is 11.3 Å². The fraction of sp³-hybridized carbons (Fsp3) is 0.261. The number of thiazole rings is 1. The van der Waals surface area contributed by atoms with Crippen molar-refractivity contribution in [2.75, 3.05) is 5.32 Å². The van der Waals surface area contributed by atoms with Gasteiger partial charge in [0.25, 0.3) is 0 Å². The zero-order chi connectivity index (χ0) is 20.9. The summed E-state index contributed by atoms with van der Waals surface area (Å²) in [7, 11) is 0. The van der Waals surface area contributed by atoms with Crippen LogP contribution in [0.15, 0.2) is 53.9 Å². The number of halogens is 1. The fourth-order valence-corrected chi connectivity index (χ4v) is 4.63. The zero-order valence-electron chi connectivity index (χ0n) is 16.4. The first-order valence-electron chi connectivity index (χ1n) is 9.92. The van der Waals surface area contributed by atoms with Crippen LogP contribution < -0.4 is 10.6 Å². The van der Waals surface area contributed by atoms with Gasteiger partial charge in [0.05, 0.1) is 23.2 Å². The molecule has 2 aromatic carbocycles. The first-order chi connectivity index (χ1) is 14.5. The van der Waals surface area contributed by atoms with Gasteiger partial charge in [-0.2, -0.15) is 0 Å². The maximum atomic E-state index is 12.5. The van der Waals surface area contributed by atoms with Gasteiger partial charge in [0.1, 0.15) is 0 Å². The summed E-state index contributed by atoms with van der Waals surface area (Å²) in [5.41, 5.74) is 3.59. The molecule has 0 aliphatic carbocycles. The van der Waals surface area contributed by atoms with Crippen LogP contribution in [-0.4, -0.2) is 16.8 Å². The molecule has 1 saturated heterocycles. The molecule has 5 nitrogen and oxygen atoms in total. The number of aromatic nitrogens is 1. The Morgan fingerprint density at radius 1 is 1.23 bits per heavy atom. The fourth-order valence-electron chi connectivity index (χ4n) is 3.59. The Morgan fingerprint density at radius 3 is 2.93 bits per heavy atom. The van der Waals surface area contributed by atoms with Gasteiger partial charge in [-0.15, -0.1) is 11.3 Å². The summed E-state index contributed by atoms with van der Waals surface area (Å²) in [5.74, 6) is -0.0303. The average Bonchev–Trinajstić information content (AvgIpc) is 3.14. The van der Waals surface area contributed by atoms with Crippen molar-refractivity contribution < 1.29 is 9.59 Å². The van der Waals surface area contributed by atoms with E-state index >= 15 is 0 Å². The lowest BCUT2D eigenvalue weighted by Crippen LogP contribution is -2.32. The Labute approximate surface area is 184 Å². The van der Waals surface area contributed by atoms with Crippen LogP contribution in [0.5, 0.6) is 0 Å². The van der Waals surface area contributed by atoms with E-state index in [4.69, 9.17) is 11.6 Å². The minimum absolute atomic E-state index is 0.00990. The molecule has 1 fully saturated rings. The number of carbonyl (C=O) groups excluding carboxylic acids is 2. The Hall–Kier alpha value is -2.70. The van der Waals surface area contributed by atoms with Gasteiger partial charge in [-0.05, 0) is 48.2 Å². The second-order valence-corrected chi connectivity index (χ2v) is 8.78. The highest BCUT2D eigenvalue weighted by Gasteiger charge is 2.20. The topological polar surface area (TPSA) is 71.1 Å². The molecule has 2 amide bonds. The van der Waals surface area contributed by atoms with Crippen molar-refractivity contribution in [1.29, 1.82) is 0 Å². The number of nitrogens with one attached hydrogen (secondary N) is 2. The highest BCUT2D eigenvalue weighted by atomic mass is 35.5. The molecule has 1 aromatic heterocycles. The smallest absolute Gasteiger partial charge is 0.230 e. The quantitative estimate of drug-likeness (QED) is 0.573. The van der Waals surface area contributed by atoms with Crippen molar-refractivity contribution in [1.82, 2.24) is 10.3 Å². The molecule has 1 aliphatic heterocycles. The summed E-state index contributed by atoms with van der Waals surface area (Å²) >= 11 is 7.58. The highest BCUT2D eigenvalue weighted by molar-refractivity contribution is 7.09. The standard InChI is InChI=1S/C23H22ClN3O2S/c24-17-6-1-4-15(10-17)11-23-26-19(14-30-23)13-22(29)25-18-7-2-5-16(12-18)20-8-3-9-21(28)27-20/h1-2,4-7,10,12,14,20H,3,8-9,11,13H2,(H,25,29)(H,27,28). The molecule has 0 bridgehead atoms. The van der Waals surface area contributed by atoms with Gasteiger partial charge in [-0.25, -0.2) is 4.98 Å². The van der Waals surface area contributed by atoms with Crippen LogP contribution >= 0.6 is 22.9 Å². The average molecular weight is 440 g/mol. The van der Waals surface area contributed by atoms with E-state index in [0.717, 1.165) is 40.4 Å². The largest absolute Gasteiger partial charge is 0.349 e. The number of carbonyl (C=O) groups is 2. The first kappa shape index (κ1) is 20.6. The van der Waals surface area contributed by atoms with Crippen LogP contribution in [-0.2, 0) is 22.4 Å².